The SMILES string of the molecule is CC(C)NCc1cn(C2CCS(=O)(=O)C2)nn1. The van der Waals surface area contributed by atoms with Gasteiger partial charge < -0.3 is 5.32 Å². The van der Waals surface area contributed by atoms with Gasteiger partial charge >= 0.3 is 0 Å². The quantitative estimate of drug-likeness (QED) is 0.831. The molecule has 0 amide bonds. The van der Waals surface area contributed by atoms with Gasteiger partial charge in [0.1, 0.15) is 0 Å². The van der Waals surface area contributed by atoms with Gasteiger partial charge in [-0.2, -0.15) is 0 Å². The highest BCUT2D eigenvalue weighted by atomic mass is 32.2. The number of nitrogens with one attached hydrogen (secondary N) is 1. The molecular formula is C10H18N4O2S. The normalized spacial score (nSPS) is 23.4. The van der Waals surface area contributed by atoms with Crippen LogP contribution in [0.4, 0.5) is 0 Å². The highest BCUT2D eigenvalue weighted by molar-refractivity contribution is 7.91. The van der Waals surface area contributed by atoms with Crippen LogP contribution in [-0.4, -0.2) is 41.0 Å². The third kappa shape index (κ3) is 3.26. The Labute approximate surface area is 101 Å². The average molecular weight is 258 g/mol. The second-order valence-corrected chi connectivity index (χ2v) is 7.01. The summed E-state index contributed by atoms with van der Waals surface area (Å²) in [6, 6.07) is 0.354. The van der Waals surface area contributed by atoms with E-state index in [1.54, 1.807) is 4.68 Å². The van der Waals surface area contributed by atoms with E-state index in [1.165, 1.54) is 0 Å². The van der Waals surface area contributed by atoms with Gasteiger partial charge in [-0.05, 0) is 6.42 Å². The van der Waals surface area contributed by atoms with Gasteiger partial charge in [0.25, 0.3) is 0 Å². The first-order chi connectivity index (χ1) is 7.96. The lowest BCUT2D eigenvalue weighted by Gasteiger charge is -2.06. The molecule has 0 aliphatic carbocycles. The Balaban J connectivity index is 1.99. The van der Waals surface area contributed by atoms with Crippen molar-refractivity contribution in [3.05, 3.63) is 11.9 Å². The molecule has 1 atom stereocenters. The molecule has 0 saturated carbocycles. The van der Waals surface area contributed by atoms with Crippen molar-refractivity contribution >= 4 is 9.84 Å². The van der Waals surface area contributed by atoms with Crippen LogP contribution in [0.3, 0.4) is 0 Å². The van der Waals surface area contributed by atoms with Crippen molar-refractivity contribution in [3.63, 3.8) is 0 Å². The molecule has 0 aromatic carbocycles. The summed E-state index contributed by atoms with van der Waals surface area (Å²) in [6.07, 6.45) is 2.48. The first-order valence-corrected chi connectivity index (χ1v) is 7.63. The van der Waals surface area contributed by atoms with E-state index in [1.807, 2.05) is 6.20 Å². The number of sulfone groups is 1. The molecule has 7 heteroatoms. The summed E-state index contributed by atoms with van der Waals surface area (Å²) in [5.41, 5.74) is 0.850. The minimum atomic E-state index is -2.86. The lowest BCUT2D eigenvalue weighted by atomic mass is 10.3. The predicted octanol–water partition coefficient (Wildman–Crippen LogP) is 0.136. The van der Waals surface area contributed by atoms with E-state index in [2.05, 4.69) is 29.5 Å². The molecule has 17 heavy (non-hydrogen) atoms. The van der Waals surface area contributed by atoms with E-state index in [9.17, 15) is 8.42 Å². The third-order valence-corrected chi connectivity index (χ3v) is 4.58. The zero-order valence-electron chi connectivity index (χ0n) is 10.1. The summed E-state index contributed by atoms with van der Waals surface area (Å²) in [5.74, 6) is 0.449. The number of hydrogen-bond donors (Lipinski definition) is 1. The second-order valence-electron chi connectivity index (χ2n) is 4.78. The lowest BCUT2D eigenvalue weighted by Crippen LogP contribution is -2.22. The van der Waals surface area contributed by atoms with Crippen LogP contribution in [0.1, 0.15) is 32.0 Å². The maximum Gasteiger partial charge on any atom is 0.152 e. The molecule has 0 radical (unpaired) electrons. The van der Waals surface area contributed by atoms with Gasteiger partial charge in [0.15, 0.2) is 9.84 Å². The molecule has 2 rings (SSSR count). The Bertz CT molecular complexity index is 480. The number of rotatable bonds is 4. The van der Waals surface area contributed by atoms with Crippen molar-refractivity contribution < 1.29 is 8.42 Å². The summed E-state index contributed by atoms with van der Waals surface area (Å²) in [6.45, 7) is 4.79. The van der Waals surface area contributed by atoms with Gasteiger partial charge in [0, 0.05) is 12.6 Å². The lowest BCUT2D eigenvalue weighted by molar-refractivity contribution is 0.484. The summed E-state index contributed by atoms with van der Waals surface area (Å²) < 4.78 is 24.4. The number of nitrogens with zero attached hydrogens (tertiary/aromatic N) is 3. The molecule has 1 aliphatic heterocycles. The first kappa shape index (κ1) is 12.5. The highest BCUT2D eigenvalue weighted by Gasteiger charge is 2.29. The van der Waals surface area contributed by atoms with Gasteiger partial charge in [-0.3, -0.25) is 0 Å². The Hall–Kier alpha value is -0.950. The molecule has 1 aromatic rings. The maximum atomic E-state index is 11.4. The van der Waals surface area contributed by atoms with E-state index in [0.29, 0.717) is 19.0 Å². The molecule has 1 unspecified atom stereocenters. The molecule has 1 aliphatic rings. The maximum absolute atomic E-state index is 11.4. The van der Waals surface area contributed by atoms with Crippen molar-refractivity contribution in [2.24, 2.45) is 0 Å². The summed E-state index contributed by atoms with van der Waals surface area (Å²) in [5, 5.41) is 11.3. The predicted molar refractivity (Wildman–Crippen MR) is 64.3 cm³/mol. The van der Waals surface area contributed by atoms with Crippen LogP contribution in [0.2, 0.25) is 0 Å². The first-order valence-electron chi connectivity index (χ1n) is 5.81. The van der Waals surface area contributed by atoms with Crippen molar-refractivity contribution in [3.8, 4) is 0 Å². The minimum absolute atomic E-state index is 0.0414. The molecule has 0 spiro atoms. The van der Waals surface area contributed by atoms with Crippen molar-refractivity contribution in [2.45, 2.75) is 38.9 Å². The van der Waals surface area contributed by atoms with Crippen molar-refractivity contribution in [1.29, 1.82) is 0 Å². The topological polar surface area (TPSA) is 76.9 Å². The van der Waals surface area contributed by atoms with E-state index >= 15 is 0 Å². The smallest absolute Gasteiger partial charge is 0.152 e. The highest BCUT2D eigenvalue weighted by Crippen LogP contribution is 2.22. The minimum Gasteiger partial charge on any atom is -0.309 e. The summed E-state index contributed by atoms with van der Waals surface area (Å²) >= 11 is 0. The summed E-state index contributed by atoms with van der Waals surface area (Å²) in [7, 11) is -2.86. The van der Waals surface area contributed by atoms with Crippen LogP contribution in [0.25, 0.3) is 0 Å². The van der Waals surface area contributed by atoms with Gasteiger partial charge in [0.05, 0.1) is 29.4 Å². The van der Waals surface area contributed by atoms with Gasteiger partial charge in [-0.1, -0.05) is 19.1 Å². The van der Waals surface area contributed by atoms with E-state index in [-0.39, 0.29) is 17.5 Å². The standard InChI is InChI=1S/C10H18N4O2S/c1-8(2)11-5-9-6-14(13-12-9)10-3-4-17(15,16)7-10/h6,8,10-11H,3-5,7H2,1-2H3. The summed E-state index contributed by atoms with van der Waals surface area (Å²) in [4.78, 5) is 0. The van der Waals surface area contributed by atoms with Crippen LogP contribution in [0, 0.1) is 0 Å². The van der Waals surface area contributed by atoms with Crippen LogP contribution in [0.15, 0.2) is 6.20 Å². The zero-order valence-corrected chi connectivity index (χ0v) is 10.9. The molecule has 1 saturated heterocycles. The Morgan fingerprint density at radius 2 is 2.35 bits per heavy atom. The van der Waals surface area contributed by atoms with Crippen LogP contribution in [-0.2, 0) is 16.4 Å². The van der Waals surface area contributed by atoms with E-state index in [4.69, 9.17) is 0 Å². The van der Waals surface area contributed by atoms with Crippen molar-refractivity contribution in [2.75, 3.05) is 11.5 Å². The third-order valence-electron chi connectivity index (χ3n) is 2.83. The molecule has 1 aromatic heterocycles. The van der Waals surface area contributed by atoms with Gasteiger partial charge in [-0.25, -0.2) is 13.1 Å². The van der Waals surface area contributed by atoms with Crippen LogP contribution in [0.5, 0.6) is 0 Å². The Kier molecular flexibility index (Phi) is 3.48. The average Bonchev–Trinajstić information content (AvgIpc) is 2.81. The monoisotopic (exact) mass is 258 g/mol. The Morgan fingerprint density at radius 1 is 1.59 bits per heavy atom. The molecule has 1 N–H and O–H groups in total. The molecule has 96 valence electrons. The number of hydrogen-bond acceptors (Lipinski definition) is 5. The molecule has 1 fully saturated rings. The fourth-order valence-corrected chi connectivity index (χ4v) is 3.57. The second kappa shape index (κ2) is 4.73. The fourth-order valence-electron chi connectivity index (χ4n) is 1.87. The van der Waals surface area contributed by atoms with E-state index in [0.717, 1.165) is 5.69 Å². The Morgan fingerprint density at radius 3 is 2.94 bits per heavy atom. The number of aromatic nitrogens is 3. The molecular weight excluding hydrogens is 240 g/mol. The molecule has 2 heterocycles. The molecule has 6 nitrogen and oxygen atoms in total. The van der Waals surface area contributed by atoms with E-state index < -0.39 is 9.84 Å². The largest absolute Gasteiger partial charge is 0.309 e. The fraction of sp³-hybridized carbons (Fsp3) is 0.800. The molecule has 0 bridgehead atoms. The zero-order chi connectivity index (χ0) is 12.5. The van der Waals surface area contributed by atoms with Crippen LogP contribution < -0.4 is 5.32 Å². The van der Waals surface area contributed by atoms with Gasteiger partial charge in [-0.15, -0.1) is 5.10 Å². The van der Waals surface area contributed by atoms with Gasteiger partial charge in [0.2, 0.25) is 0 Å². The van der Waals surface area contributed by atoms with Crippen LogP contribution >= 0.6 is 0 Å². The van der Waals surface area contributed by atoms with Crippen molar-refractivity contribution in [1.82, 2.24) is 20.3 Å².